The first-order valence-corrected chi connectivity index (χ1v) is 8.21. The van der Waals surface area contributed by atoms with Gasteiger partial charge < -0.3 is 4.90 Å². The molecule has 1 aliphatic heterocycles. The van der Waals surface area contributed by atoms with Crippen molar-refractivity contribution >= 4 is 17.9 Å². The van der Waals surface area contributed by atoms with Gasteiger partial charge in [0.2, 0.25) is 5.91 Å². The van der Waals surface area contributed by atoms with Gasteiger partial charge in [0.15, 0.2) is 0 Å². The van der Waals surface area contributed by atoms with Crippen LogP contribution in [0.4, 0.5) is 4.39 Å². The topological polar surface area (TPSA) is 26.8 Å². The number of likely N-dealkylation sites (N-methyl/N-ethyl adjacent to an activating group) is 1. The first-order chi connectivity index (χ1) is 10.0. The molecule has 0 aliphatic carbocycles. The van der Waals surface area contributed by atoms with Gasteiger partial charge in [0.05, 0.1) is 0 Å². The van der Waals surface area contributed by atoms with Gasteiger partial charge in [-0.2, -0.15) is 0 Å². The van der Waals surface area contributed by atoms with E-state index in [9.17, 15) is 9.18 Å². The Morgan fingerprint density at radius 3 is 2.24 bits per heavy atom. The Bertz CT molecular complexity index is 472. The Morgan fingerprint density at radius 2 is 1.76 bits per heavy atom. The molecule has 1 aliphatic rings. The number of halogens is 1. The zero-order chi connectivity index (χ0) is 15.4. The highest BCUT2D eigenvalue weighted by Gasteiger charge is 2.29. The van der Waals surface area contributed by atoms with Crippen molar-refractivity contribution in [3.05, 3.63) is 35.6 Å². The summed E-state index contributed by atoms with van der Waals surface area (Å²) in [6.07, 6.45) is 2.05. The van der Waals surface area contributed by atoms with Crippen LogP contribution in [0.3, 0.4) is 0 Å². The summed E-state index contributed by atoms with van der Waals surface area (Å²) < 4.78 is 15.3. The molecule has 1 fully saturated rings. The van der Waals surface area contributed by atoms with Crippen LogP contribution in [0.2, 0.25) is 0 Å². The van der Waals surface area contributed by atoms with E-state index < -0.39 is 0 Å². The lowest BCUT2D eigenvalue weighted by Gasteiger charge is -2.36. The number of carbonyl (C=O) groups excluding carboxylic acids is 1. The summed E-state index contributed by atoms with van der Waals surface area (Å²) in [5, 5.41) is 0. The molecule has 0 saturated carbocycles. The van der Waals surface area contributed by atoms with Crippen molar-refractivity contribution in [1.82, 2.24) is 14.1 Å². The largest absolute Gasteiger partial charge is 0.338 e. The SMILES string of the molecule is CSN1CCN(C(=O)C(c2ccc(F)cc2)N(C)C)CC1. The van der Waals surface area contributed by atoms with Crippen molar-refractivity contribution in [2.24, 2.45) is 0 Å². The minimum atomic E-state index is -0.355. The van der Waals surface area contributed by atoms with Crippen LogP contribution >= 0.6 is 11.9 Å². The monoisotopic (exact) mass is 311 g/mol. The normalized spacial score (nSPS) is 18.0. The first-order valence-electron chi connectivity index (χ1n) is 7.02. The molecule has 1 heterocycles. The summed E-state index contributed by atoms with van der Waals surface area (Å²) in [6.45, 7) is 3.25. The number of rotatable bonds is 4. The first kappa shape index (κ1) is 16.3. The van der Waals surface area contributed by atoms with Crippen LogP contribution in [0.15, 0.2) is 24.3 Å². The van der Waals surface area contributed by atoms with Gasteiger partial charge in [0.1, 0.15) is 11.9 Å². The third-order valence-corrected chi connectivity index (χ3v) is 4.63. The molecule has 0 radical (unpaired) electrons. The molecule has 0 aromatic heterocycles. The van der Waals surface area contributed by atoms with Crippen molar-refractivity contribution < 1.29 is 9.18 Å². The van der Waals surface area contributed by atoms with E-state index in [1.165, 1.54) is 12.1 Å². The summed E-state index contributed by atoms with van der Waals surface area (Å²) in [5.74, 6) is -0.190. The van der Waals surface area contributed by atoms with Crippen LogP contribution in [0, 0.1) is 5.82 Å². The average Bonchev–Trinajstić information content (AvgIpc) is 2.49. The van der Waals surface area contributed by atoms with Crippen LogP contribution in [-0.2, 0) is 4.79 Å². The summed E-state index contributed by atoms with van der Waals surface area (Å²) in [7, 11) is 3.76. The molecule has 21 heavy (non-hydrogen) atoms. The molecule has 0 N–H and O–H groups in total. The Kier molecular flexibility index (Phi) is 5.61. The highest BCUT2D eigenvalue weighted by molar-refractivity contribution is 7.96. The van der Waals surface area contributed by atoms with Crippen molar-refractivity contribution in [1.29, 1.82) is 0 Å². The maximum absolute atomic E-state index is 13.1. The fourth-order valence-electron chi connectivity index (χ4n) is 2.57. The maximum atomic E-state index is 13.1. The molecule has 0 bridgehead atoms. The predicted octanol–water partition coefficient (Wildman–Crippen LogP) is 1.85. The Labute approximate surface area is 130 Å². The Balaban J connectivity index is 2.11. The molecule has 116 valence electrons. The third kappa shape index (κ3) is 3.96. The van der Waals surface area contributed by atoms with Crippen LogP contribution in [-0.4, -0.2) is 66.5 Å². The van der Waals surface area contributed by atoms with E-state index in [0.717, 1.165) is 31.7 Å². The van der Waals surface area contributed by atoms with Gasteiger partial charge in [-0.15, -0.1) is 0 Å². The number of benzene rings is 1. The zero-order valence-electron chi connectivity index (χ0n) is 12.8. The fourth-order valence-corrected chi connectivity index (χ4v) is 3.10. The van der Waals surface area contributed by atoms with Crippen LogP contribution in [0.1, 0.15) is 11.6 Å². The minimum absolute atomic E-state index is 0.0901. The molecule has 1 amide bonds. The van der Waals surface area contributed by atoms with E-state index in [1.807, 2.05) is 23.9 Å². The molecule has 6 heteroatoms. The van der Waals surface area contributed by atoms with E-state index in [2.05, 4.69) is 10.6 Å². The van der Waals surface area contributed by atoms with Gasteiger partial charge in [0.25, 0.3) is 0 Å². The number of carbonyl (C=O) groups is 1. The van der Waals surface area contributed by atoms with E-state index in [4.69, 9.17) is 0 Å². The molecule has 1 unspecified atom stereocenters. The smallest absolute Gasteiger partial charge is 0.244 e. The molecular weight excluding hydrogens is 289 g/mol. The van der Waals surface area contributed by atoms with Gasteiger partial charge in [-0.1, -0.05) is 24.1 Å². The second-order valence-corrected chi connectivity index (χ2v) is 6.24. The van der Waals surface area contributed by atoms with Crippen molar-refractivity contribution in [2.45, 2.75) is 6.04 Å². The lowest BCUT2D eigenvalue weighted by Crippen LogP contribution is -2.49. The van der Waals surface area contributed by atoms with Crippen LogP contribution in [0.25, 0.3) is 0 Å². The summed E-state index contributed by atoms with van der Waals surface area (Å²) in [6, 6.07) is 5.84. The molecule has 1 atom stereocenters. The Morgan fingerprint density at radius 1 is 1.19 bits per heavy atom. The second-order valence-electron chi connectivity index (χ2n) is 5.35. The standard InChI is InChI=1S/C15H22FN3OS/c1-17(2)14(12-4-6-13(16)7-5-12)15(20)18-8-10-19(21-3)11-9-18/h4-7,14H,8-11H2,1-3H3. The molecule has 1 saturated heterocycles. The van der Waals surface area contributed by atoms with Crippen molar-refractivity contribution in [3.63, 3.8) is 0 Å². The molecule has 1 aromatic carbocycles. The van der Waals surface area contributed by atoms with Gasteiger partial charge in [-0.05, 0) is 38.0 Å². The number of amides is 1. The van der Waals surface area contributed by atoms with E-state index >= 15 is 0 Å². The van der Waals surface area contributed by atoms with Crippen molar-refractivity contribution in [3.8, 4) is 0 Å². The van der Waals surface area contributed by atoms with Crippen LogP contribution in [0.5, 0.6) is 0 Å². The average molecular weight is 311 g/mol. The fraction of sp³-hybridized carbons (Fsp3) is 0.533. The minimum Gasteiger partial charge on any atom is -0.338 e. The lowest BCUT2D eigenvalue weighted by atomic mass is 10.0. The molecule has 1 aromatic rings. The number of hydrogen-bond donors (Lipinski definition) is 0. The highest BCUT2D eigenvalue weighted by atomic mass is 32.2. The number of piperazine rings is 1. The van der Waals surface area contributed by atoms with Crippen molar-refractivity contribution in [2.75, 3.05) is 46.5 Å². The molecule has 0 spiro atoms. The number of hydrogen-bond acceptors (Lipinski definition) is 4. The van der Waals surface area contributed by atoms with E-state index in [-0.39, 0.29) is 17.8 Å². The number of nitrogens with zero attached hydrogens (tertiary/aromatic N) is 3. The maximum Gasteiger partial charge on any atom is 0.244 e. The van der Waals surface area contributed by atoms with E-state index in [0.29, 0.717) is 0 Å². The highest BCUT2D eigenvalue weighted by Crippen LogP contribution is 2.22. The van der Waals surface area contributed by atoms with Gasteiger partial charge in [-0.25, -0.2) is 8.70 Å². The predicted molar refractivity (Wildman–Crippen MR) is 84.5 cm³/mol. The van der Waals surface area contributed by atoms with Crippen LogP contribution < -0.4 is 0 Å². The summed E-state index contributed by atoms with van der Waals surface area (Å²) in [5.41, 5.74) is 0.832. The van der Waals surface area contributed by atoms with E-state index in [1.54, 1.807) is 24.1 Å². The summed E-state index contributed by atoms with van der Waals surface area (Å²) in [4.78, 5) is 16.6. The zero-order valence-corrected chi connectivity index (χ0v) is 13.6. The summed E-state index contributed by atoms with van der Waals surface area (Å²) >= 11 is 1.72. The molecular formula is C15H22FN3OS. The van der Waals surface area contributed by atoms with Gasteiger partial charge >= 0.3 is 0 Å². The van der Waals surface area contributed by atoms with Gasteiger partial charge in [0, 0.05) is 26.2 Å². The quantitative estimate of drug-likeness (QED) is 0.793. The second kappa shape index (κ2) is 7.24. The Hall–Kier alpha value is -1.11. The molecule has 2 rings (SSSR count). The molecule has 4 nitrogen and oxygen atoms in total. The lowest BCUT2D eigenvalue weighted by molar-refractivity contribution is -0.137. The van der Waals surface area contributed by atoms with Gasteiger partial charge in [-0.3, -0.25) is 9.69 Å². The third-order valence-electron chi connectivity index (χ3n) is 3.74.